The Labute approximate surface area is 161 Å². The topological polar surface area (TPSA) is 130 Å². The van der Waals surface area contributed by atoms with Crippen molar-refractivity contribution in [2.75, 3.05) is 19.6 Å². The summed E-state index contributed by atoms with van der Waals surface area (Å²) in [5.41, 5.74) is 6.28. The van der Waals surface area contributed by atoms with Crippen molar-refractivity contribution in [3.63, 3.8) is 0 Å². The molecule has 0 aliphatic carbocycles. The summed E-state index contributed by atoms with van der Waals surface area (Å²) in [5.74, 6) is 0.468. The summed E-state index contributed by atoms with van der Waals surface area (Å²) < 4.78 is 1.26. The lowest BCUT2D eigenvalue weighted by Crippen LogP contribution is -2.37. The molecule has 0 bridgehead atoms. The number of imidazole rings is 1. The van der Waals surface area contributed by atoms with Gasteiger partial charge in [0.25, 0.3) is 5.56 Å². The van der Waals surface area contributed by atoms with E-state index in [2.05, 4.69) is 15.0 Å². The zero-order valence-electron chi connectivity index (χ0n) is 15.8. The number of hydrogen-bond donors (Lipinski definition) is 3. The predicted molar refractivity (Wildman–Crippen MR) is 106 cm³/mol. The smallest absolute Gasteiger partial charge is 0.329 e. The summed E-state index contributed by atoms with van der Waals surface area (Å²) >= 11 is 0. The molecule has 0 fully saturated rings. The zero-order chi connectivity index (χ0) is 20.1. The van der Waals surface area contributed by atoms with Gasteiger partial charge in [-0.2, -0.15) is 0 Å². The Balaban J connectivity index is 1.66. The number of aromatic amines is 2. The molecule has 0 radical (unpaired) electrons. The van der Waals surface area contributed by atoms with Gasteiger partial charge in [0.15, 0.2) is 5.65 Å². The Hall–Kier alpha value is -3.20. The summed E-state index contributed by atoms with van der Waals surface area (Å²) in [6.45, 7) is 1.47. The molecule has 0 aliphatic rings. The van der Waals surface area contributed by atoms with E-state index in [-0.39, 0.29) is 23.5 Å². The second-order valence-corrected chi connectivity index (χ2v) is 6.61. The minimum Gasteiger partial charge on any atom is -0.341 e. The highest BCUT2D eigenvalue weighted by atomic mass is 16.2. The van der Waals surface area contributed by atoms with E-state index in [1.54, 1.807) is 4.90 Å². The Bertz CT molecular complexity index is 1070. The maximum atomic E-state index is 12.6. The van der Waals surface area contributed by atoms with Crippen LogP contribution in [0.5, 0.6) is 0 Å². The van der Waals surface area contributed by atoms with Gasteiger partial charge in [-0.1, -0.05) is 30.3 Å². The van der Waals surface area contributed by atoms with Crippen LogP contribution in [-0.2, 0) is 24.7 Å². The molecule has 3 rings (SSSR count). The fraction of sp³-hybridized carbons (Fsp3) is 0.368. The molecule has 9 heteroatoms. The highest BCUT2D eigenvalue weighted by Gasteiger charge is 2.15. The number of benzene rings is 1. The van der Waals surface area contributed by atoms with Gasteiger partial charge < -0.3 is 15.6 Å². The van der Waals surface area contributed by atoms with Gasteiger partial charge in [0.2, 0.25) is 5.91 Å². The molecule has 1 amide bonds. The van der Waals surface area contributed by atoms with E-state index >= 15 is 0 Å². The van der Waals surface area contributed by atoms with Crippen LogP contribution in [0.25, 0.3) is 11.2 Å². The molecule has 28 heavy (non-hydrogen) atoms. The molecule has 2 heterocycles. The van der Waals surface area contributed by atoms with Gasteiger partial charge in [-0.25, -0.2) is 9.78 Å². The lowest BCUT2D eigenvalue weighted by molar-refractivity contribution is -0.131. The largest absolute Gasteiger partial charge is 0.341 e. The van der Waals surface area contributed by atoms with Crippen LogP contribution >= 0.6 is 0 Å². The average molecular weight is 384 g/mol. The van der Waals surface area contributed by atoms with E-state index < -0.39 is 11.2 Å². The van der Waals surface area contributed by atoms with Crippen LogP contribution in [0.4, 0.5) is 0 Å². The molecular formula is C19H24N6O3. The summed E-state index contributed by atoms with van der Waals surface area (Å²) in [6.07, 6.45) is 1.34. The summed E-state index contributed by atoms with van der Waals surface area (Å²) in [4.78, 5) is 47.4. The van der Waals surface area contributed by atoms with Gasteiger partial charge in [-0.3, -0.25) is 19.1 Å². The second kappa shape index (κ2) is 8.66. The Morgan fingerprint density at radius 2 is 1.89 bits per heavy atom. The molecule has 148 valence electrons. The number of hydrogen-bond acceptors (Lipinski definition) is 5. The van der Waals surface area contributed by atoms with Gasteiger partial charge in [-0.15, -0.1) is 0 Å². The maximum Gasteiger partial charge on any atom is 0.329 e. The number of amides is 1. The summed E-state index contributed by atoms with van der Waals surface area (Å²) in [6, 6.07) is 9.96. The Kier molecular flexibility index (Phi) is 6.05. The number of aryl methyl sites for hydroxylation is 2. The third-order valence-corrected chi connectivity index (χ3v) is 4.64. The zero-order valence-corrected chi connectivity index (χ0v) is 15.8. The number of nitrogens with two attached hydrogens (primary N) is 1. The van der Waals surface area contributed by atoms with Crippen molar-refractivity contribution in [2.24, 2.45) is 12.8 Å². The molecule has 0 spiro atoms. The average Bonchev–Trinajstić information content (AvgIpc) is 3.13. The Morgan fingerprint density at radius 3 is 2.61 bits per heavy atom. The monoisotopic (exact) mass is 384 g/mol. The van der Waals surface area contributed by atoms with E-state index in [1.165, 1.54) is 11.6 Å². The number of carbonyl (C=O) groups is 1. The number of rotatable bonds is 8. The number of nitrogens with zero attached hydrogens (tertiary/aromatic N) is 3. The Morgan fingerprint density at radius 1 is 1.14 bits per heavy atom. The van der Waals surface area contributed by atoms with Crippen molar-refractivity contribution in [3.8, 4) is 0 Å². The summed E-state index contributed by atoms with van der Waals surface area (Å²) in [7, 11) is 1.53. The van der Waals surface area contributed by atoms with E-state index in [0.29, 0.717) is 31.9 Å². The molecular weight excluding hydrogens is 360 g/mol. The second-order valence-electron chi connectivity index (χ2n) is 6.61. The third kappa shape index (κ3) is 4.37. The molecule has 0 aliphatic heterocycles. The SMILES string of the molecule is Cn1c(=O)[nH]c(=O)c2[nH]c(CCC(=O)N(CCN)CCc3ccccc3)nc21. The first-order chi connectivity index (χ1) is 13.5. The van der Waals surface area contributed by atoms with Crippen LogP contribution in [0, 0.1) is 0 Å². The fourth-order valence-electron chi connectivity index (χ4n) is 3.08. The lowest BCUT2D eigenvalue weighted by atomic mass is 10.1. The van der Waals surface area contributed by atoms with Crippen molar-refractivity contribution in [1.29, 1.82) is 0 Å². The molecule has 9 nitrogen and oxygen atoms in total. The van der Waals surface area contributed by atoms with Crippen molar-refractivity contribution in [3.05, 3.63) is 62.6 Å². The highest BCUT2D eigenvalue weighted by Crippen LogP contribution is 2.08. The first-order valence-corrected chi connectivity index (χ1v) is 9.19. The minimum absolute atomic E-state index is 0.0235. The van der Waals surface area contributed by atoms with Crippen molar-refractivity contribution in [2.45, 2.75) is 19.3 Å². The van der Waals surface area contributed by atoms with Crippen LogP contribution in [0.2, 0.25) is 0 Å². The van der Waals surface area contributed by atoms with Crippen molar-refractivity contribution >= 4 is 17.1 Å². The quantitative estimate of drug-likeness (QED) is 0.500. The standard InChI is InChI=1S/C19H24N6O3/c1-24-17-16(18(27)23-19(24)28)21-14(22-17)7-8-15(26)25(12-10-20)11-9-13-5-3-2-4-6-13/h2-6H,7-12,20H2,1H3,(H,21,22)(H,23,27,28). The highest BCUT2D eigenvalue weighted by molar-refractivity contribution is 5.76. The summed E-state index contributed by atoms with van der Waals surface area (Å²) in [5, 5.41) is 0. The van der Waals surface area contributed by atoms with Gasteiger partial charge in [0, 0.05) is 39.5 Å². The van der Waals surface area contributed by atoms with Crippen LogP contribution in [-0.4, -0.2) is 50.0 Å². The van der Waals surface area contributed by atoms with Crippen LogP contribution < -0.4 is 17.0 Å². The molecule has 0 saturated carbocycles. The molecule has 3 aromatic rings. The lowest BCUT2D eigenvalue weighted by Gasteiger charge is -2.22. The third-order valence-electron chi connectivity index (χ3n) is 4.64. The number of nitrogens with one attached hydrogen (secondary N) is 2. The van der Waals surface area contributed by atoms with Gasteiger partial charge in [0.05, 0.1) is 0 Å². The van der Waals surface area contributed by atoms with E-state index in [0.717, 1.165) is 12.0 Å². The molecule has 0 saturated heterocycles. The molecule has 0 unspecified atom stereocenters. The van der Waals surface area contributed by atoms with Gasteiger partial charge in [0.1, 0.15) is 11.3 Å². The first kappa shape index (κ1) is 19.6. The number of carbonyl (C=O) groups excluding carboxylic acids is 1. The minimum atomic E-state index is -0.526. The van der Waals surface area contributed by atoms with E-state index in [1.807, 2.05) is 30.3 Å². The van der Waals surface area contributed by atoms with Gasteiger partial charge in [-0.05, 0) is 12.0 Å². The van der Waals surface area contributed by atoms with E-state index in [9.17, 15) is 14.4 Å². The van der Waals surface area contributed by atoms with Crippen molar-refractivity contribution < 1.29 is 4.79 Å². The predicted octanol–water partition coefficient (Wildman–Crippen LogP) is -0.0875. The van der Waals surface area contributed by atoms with Crippen molar-refractivity contribution in [1.82, 2.24) is 24.4 Å². The molecule has 1 aromatic carbocycles. The fourth-order valence-corrected chi connectivity index (χ4v) is 3.08. The molecule has 2 aromatic heterocycles. The van der Waals surface area contributed by atoms with Crippen LogP contribution in [0.3, 0.4) is 0 Å². The van der Waals surface area contributed by atoms with Gasteiger partial charge >= 0.3 is 5.69 Å². The number of aromatic nitrogens is 4. The number of H-pyrrole nitrogens is 2. The van der Waals surface area contributed by atoms with Crippen LogP contribution in [0.1, 0.15) is 17.8 Å². The normalized spacial score (nSPS) is 11.1. The van der Waals surface area contributed by atoms with E-state index in [4.69, 9.17) is 5.73 Å². The number of fused-ring (bicyclic) bond motifs is 1. The molecule has 4 N–H and O–H groups in total. The molecule has 0 atom stereocenters. The first-order valence-electron chi connectivity index (χ1n) is 9.19. The van der Waals surface area contributed by atoms with Crippen LogP contribution in [0.15, 0.2) is 39.9 Å². The maximum absolute atomic E-state index is 12.6.